The van der Waals surface area contributed by atoms with Gasteiger partial charge in [0.15, 0.2) is 0 Å². The number of hydrogen-bond donors (Lipinski definition) is 2. The van der Waals surface area contributed by atoms with Gasteiger partial charge in [-0.05, 0) is 51.5 Å². The van der Waals surface area contributed by atoms with Crippen LogP contribution >= 0.6 is 0 Å². The van der Waals surface area contributed by atoms with E-state index in [2.05, 4.69) is 15.7 Å². The first kappa shape index (κ1) is 17.0. The van der Waals surface area contributed by atoms with Crippen LogP contribution in [0, 0.1) is 20.8 Å². The van der Waals surface area contributed by atoms with E-state index in [-0.39, 0.29) is 0 Å². The molecule has 25 heavy (non-hydrogen) atoms. The van der Waals surface area contributed by atoms with Crippen LogP contribution in [0.4, 0.5) is 5.69 Å². The van der Waals surface area contributed by atoms with E-state index in [1.54, 1.807) is 6.07 Å². The average Bonchev–Trinajstić information content (AvgIpc) is 2.86. The van der Waals surface area contributed by atoms with Gasteiger partial charge in [0.1, 0.15) is 5.75 Å². The number of aryl methyl sites for hydroxylation is 3. The lowest BCUT2D eigenvalue weighted by atomic mass is 10.0. The summed E-state index contributed by atoms with van der Waals surface area (Å²) in [5, 5.41) is 9.86. The molecule has 1 aliphatic rings. The van der Waals surface area contributed by atoms with E-state index in [4.69, 9.17) is 4.74 Å². The minimum atomic E-state index is -1.60. The molecule has 2 N–H and O–H groups in total. The molecule has 1 aliphatic heterocycles. The molecule has 0 aliphatic carbocycles. The van der Waals surface area contributed by atoms with E-state index in [1.807, 2.05) is 43.7 Å². The quantitative estimate of drug-likeness (QED) is 0.829. The summed E-state index contributed by atoms with van der Waals surface area (Å²) < 4.78 is 7.55. The number of fused-ring (bicyclic) bond motifs is 1. The molecule has 3 rings (SSSR count). The highest BCUT2D eigenvalue weighted by Gasteiger charge is 2.47. The Bertz CT molecular complexity index is 843. The van der Waals surface area contributed by atoms with Crippen molar-refractivity contribution < 1.29 is 14.3 Å². The van der Waals surface area contributed by atoms with Crippen molar-refractivity contribution >= 4 is 17.5 Å². The number of carbonyl (C=O) groups is 2. The molecule has 1 aromatic heterocycles. The third-order valence-electron chi connectivity index (χ3n) is 4.28. The average molecular weight is 342 g/mol. The minimum Gasteiger partial charge on any atom is -0.466 e. The topological polar surface area (TPSA) is 85.3 Å². The second-order valence-corrected chi connectivity index (χ2v) is 6.50. The van der Waals surface area contributed by atoms with Gasteiger partial charge in [0.2, 0.25) is 0 Å². The number of benzene rings is 1. The highest BCUT2D eigenvalue weighted by molar-refractivity contribution is 6.15. The molecular formula is C18H22N4O3. The predicted octanol–water partition coefficient (Wildman–Crippen LogP) is 1.71. The molecule has 0 fully saturated rings. The summed E-state index contributed by atoms with van der Waals surface area (Å²) in [4.78, 5) is 25.0. The Hall–Kier alpha value is -2.83. The van der Waals surface area contributed by atoms with E-state index < -0.39 is 17.4 Å². The van der Waals surface area contributed by atoms with Gasteiger partial charge in [-0.3, -0.25) is 14.3 Å². The number of carbonyl (C=O) groups excluding carboxylic acids is 2. The van der Waals surface area contributed by atoms with Gasteiger partial charge in [-0.2, -0.15) is 5.10 Å². The minimum absolute atomic E-state index is 0.355. The summed E-state index contributed by atoms with van der Waals surface area (Å²) in [6.07, 6.45) is 0. The fourth-order valence-corrected chi connectivity index (χ4v) is 2.83. The van der Waals surface area contributed by atoms with Crippen molar-refractivity contribution in [3.05, 3.63) is 41.2 Å². The molecule has 2 amide bonds. The summed E-state index contributed by atoms with van der Waals surface area (Å²) in [5.41, 5.74) is 1.93. The number of ether oxygens (including phenoxy) is 1. The molecule has 7 heteroatoms. The molecule has 1 aromatic carbocycles. The second-order valence-electron chi connectivity index (χ2n) is 6.50. The third kappa shape index (κ3) is 3.22. The van der Waals surface area contributed by atoms with Crippen molar-refractivity contribution in [3.8, 4) is 5.75 Å². The van der Waals surface area contributed by atoms with Crippen LogP contribution in [0.3, 0.4) is 0 Å². The zero-order valence-electron chi connectivity index (χ0n) is 14.8. The maximum absolute atomic E-state index is 12.6. The number of anilines is 1. The van der Waals surface area contributed by atoms with Gasteiger partial charge in [0, 0.05) is 12.2 Å². The van der Waals surface area contributed by atoms with Crippen LogP contribution in [0.15, 0.2) is 24.3 Å². The molecule has 0 spiro atoms. The van der Waals surface area contributed by atoms with Gasteiger partial charge in [-0.15, -0.1) is 0 Å². The number of nitrogens with zero attached hydrogens (tertiary/aromatic N) is 2. The van der Waals surface area contributed by atoms with E-state index in [0.29, 0.717) is 24.5 Å². The lowest BCUT2D eigenvalue weighted by molar-refractivity contribution is -0.146. The molecule has 0 bridgehead atoms. The highest BCUT2D eigenvalue weighted by Crippen LogP contribution is 2.34. The number of rotatable bonds is 4. The third-order valence-corrected chi connectivity index (χ3v) is 4.28. The van der Waals surface area contributed by atoms with Crippen molar-refractivity contribution in [1.82, 2.24) is 15.1 Å². The number of nitrogens with one attached hydrogen (secondary N) is 2. The van der Waals surface area contributed by atoms with Crippen molar-refractivity contribution in [1.29, 1.82) is 0 Å². The Morgan fingerprint density at radius 3 is 2.76 bits per heavy atom. The van der Waals surface area contributed by atoms with Gasteiger partial charge in [0.25, 0.3) is 17.4 Å². The summed E-state index contributed by atoms with van der Waals surface area (Å²) in [7, 11) is 0. The predicted molar refractivity (Wildman–Crippen MR) is 93.6 cm³/mol. The lowest BCUT2D eigenvalue weighted by Crippen LogP contribution is -2.59. The highest BCUT2D eigenvalue weighted by atomic mass is 16.5. The molecule has 0 saturated heterocycles. The van der Waals surface area contributed by atoms with E-state index in [9.17, 15) is 9.59 Å². The molecule has 2 aromatic rings. The van der Waals surface area contributed by atoms with E-state index >= 15 is 0 Å². The van der Waals surface area contributed by atoms with Crippen LogP contribution in [-0.2, 0) is 16.1 Å². The zero-order chi connectivity index (χ0) is 18.2. The standard InChI is InChI=1S/C18H22N4O3/c1-11-5-6-15-14(9-11)20-17(24)18(4,25-15)16(23)19-7-8-22-13(3)10-12(2)21-22/h5-6,9-10H,7-8H2,1-4H3,(H,19,23)(H,20,24)/t18-/m0/s1. The number of aromatic nitrogens is 2. The lowest BCUT2D eigenvalue weighted by Gasteiger charge is -2.33. The van der Waals surface area contributed by atoms with E-state index in [0.717, 1.165) is 17.0 Å². The van der Waals surface area contributed by atoms with E-state index in [1.165, 1.54) is 6.92 Å². The van der Waals surface area contributed by atoms with Crippen molar-refractivity contribution in [3.63, 3.8) is 0 Å². The summed E-state index contributed by atoms with van der Waals surface area (Å²) in [5.74, 6) is -0.464. The molecule has 2 heterocycles. The molecule has 0 saturated carbocycles. The fraction of sp³-hybridized carbons (Fsp3) is 0.389. The maximum atomic E-state index is 12.6. The van der Waals surface area contributed by atoms with Crippen molar-refractivity contribution in [2.45, 2.75) is 39.8 Å². The summed E-state index contributed by atoms with van der Waals surface area (Å²) in [6, 6.07) is 7.41. The maximum Gasteiger partial charge on any atom is 0.278 e. The normalized spacial score (nSPS) is 19.0. The van der Waals surface area contributed by atoms with Crippen LogP contribution < -0.4 is 15.4 Å². The molecule has 132 valence electrons. The molecule has 7 nitrogen and oxygen atoms in total. The Morgan fingerprint density at radius 2 is 2.08 bits per heavy atom. The summed E-state index contributed by atoms with van der Waals surface area (Å²) >= 11 is 0. The number of hydrogen-bond acceptors (Lipinski definition) is 4. The van der Waals surface area contributed by atoms with Crippen LogP contribution in [-0.4, -0.2) is 33.7 Å². The first-order chi connectivity index (χ1) is 11.8. The number of amides is 2. The largest absolute Gasteiger partial charge is 0.466 e. The fourth-order valence-electron chi connectivity index (χ4n) is 2.83. The first-order valence-electron chi connectivity index (χ1n) is 8.20. The van der Waals surface area contributed by atoms with Crippen LogP contribution in [0.25, 0.3) is 0 Å². The second kappa shape index (κ2) is 6.23. The van der Waals surface area contributed by atoms with Gasteiger partial charge >= 0.3 is 0 Å². The summed E-state index contributed by atoms with van der Waals surface area (Å²) in [6.45, 7) is 8.16. The van der Waals surface area contributed by atoms with Crippen molar-refractivity contribution in [2.24, 2.45) is 0 Å². The Morgan fingerprint density at radius 1 is 1.32 bits per heavy atom. The van der Waals surface area contributed by atoms with Gasteiger partial charge in [-0.1, -0.05) is 6.07 Å². The smallest absolute Gasteiger partial charge is 0.278 e. The Balaban J connectivity index is 1.67. The van der Waals surface area contributed by atoms with Gasteiger partial charge < -0.3 is 15.4 Å². The Kier molecular flexibility index (Phi) is 4.24. The SMILES string of the molecule is Cc1ccc2c(c1)NC(=O)[C@](C)(C(=O)NCCn1nc(C)cc1C)O2. The Labute approximate surface area is 146 Å². The first-order valence-corrected chi connectivity index (χ1v) is 8.20. The monoisotopic (exact) mass is 342 g/mol. The van der Waals surface area contributed by atoms with Gasteiger partial charge in [0.05, 0.1) is 17.9 Å². The van der Waals surface area contributed by atoms with Crippen molar-refractivity contribution in [2.75, 3.05) is 11.9 Å². The molecule has 0 radical (unpaired) electrons. The van der Waals surface area contributed by atoms with Gasteiger partial charge in [-0.25, -0.2) is 0 Å². The molecule has 1 atom stereocenters. The zero-order valence-corrected chi connectivity index (χ0v) is 14.8. The van der Waals surface area contributed by atoms with Crippen LogP contribution in [0.5, 0.6) is 5.75 Å². The molecule has 0 unspecified atom stereocenters. The van der Waals surface area contributed by atoms with Crippen LogP contribution in [0.2, 0.25) is 0 Å². The molecular weight excluding hydrogens is 320 g/mol. The van der Waals surface area contributed by atoms with Crippen LogP contribution in [0.1, 0.15) is 23.9 Å².